The molecule has 7 heteroatoms. The summed E-state index contributed by atoms with van der Waals surface area (Å²) in [5, 5.41) is 4.13. The summed E-state index contributed by atoms with van der Waals surface area (Å²) in [4.78, 5) is 29.2. The molecule has 5 rings (SSSR count). The molecule has 0 aromatic heterocycles. The van der Waals surface area contributed by atoms with Gasteiger partial charge in [-0.1, -0.05) is 72.8 Å². The third kappa shape index (κ3) is 4.93. The van der Waals surface area contributed by atoms with Crippen LogP contribution in [-0.4, -0.2) is 49.2 Å². The van der Waals surface area contributed by atoms with Crippen molar-refractivity contribution >= 4 is 18.0 Å². The van der Waals surface area contributed by atoms with Crippen LogP contribution in [0.5, 0.6) is 0 Å². The molecule has 2 amide bonds. The molecule has 2 fully saturated rings. The number of benzene rings is 3. The lowest BCUT2D eigenvalue weighted by Gasteiger charge is -2.52. The lowest BCUT2D eigenvalue weighted by atomic mass is 9.51. The van der Waals surface area contributed by atoms with Crippen molar-refractivity contribution in [2.24, 2.45) is 16.9 Å². The van der Waals surface area contributed by atoms with E-state index in [1.807, 2.05) is 65.6 Å². The first-order valence-corrected chi connectivity index (χ1v) is 12.2. The maximum absolute atomic E-state index is 13.8. The van der Waals surface area contributed by atoms with E-state index in [1.54, 1.807) is 12.1 Å². The molecule has 1 saturated heterocycles. The lowest BCUT2D eigenvalue weighted by molar-refractivity contribution is -0.151. The van der Waals surface area contributed by atoms with Crippen molar-refractivity contribution < 1.29 is 18.7 Å². The number of amides is 2. The smallest absolute Gasteiger partial charge is 0.244 e. The Bertz CT molecular complexity index is 1160. The van der Waals surface area contributed by atoms with Crippen molar-refractivity contribution in [1.82, 2.24) is 10.3 Å². The number of rotatable bonds is 6. The van der Waals surface area contributed by atoms with Crippen LogP contribution in [0.3, 0.4) is 0 Å². The van der Waals surface area contributed by atoms with Gasteiger partial charge in [-0.25, -0.2) is 9.82 Å². The van der Waals surface area contributed by atoms with Crippen LogP contribution < -0.4 is 5.43 Å². The molecule has 1 heterocycles. The number of hydrogen-bond donors (Lipinski definition) is 1. The zero-order valence-corrected chi connectivity index (χ0v) is 19.8. The van der Waals surface area contributed by atoms with Crippen molar-refractivity contribution in [3.05, 3.63) is 107 Å². The van der Waals surface area contributed by atoms with E-state index in [0.717, 1.165) is 11.1 Å². The van der Waals surface area contributed by atoms with E-state index >= 15 is 0 Å². The molecule has 0 unspecified atom stereocenters. The van der Waals surface area contributed by atoms with Gasteiger partial charge >= 0.3 is 0 Å². The molecule has 3 aromatic carbocycles. The monoisotopic (exact) mass is 485 g/mol. The van der Waals surface area contributed by atoms with Crippen LogP contribution in [-0.2, 0) is 14.3 Å². The minimum absolute atomic E-state index is 0.0554. The van der Waals surface area contributed by atoms with Gasteiger partial charge in [-0.2, -0.15) is 5.10 Å². The van der Waals surface area contributed by atoms with Gasteiger partial charge in [-0.3, -0.25) is 9.59 Å². The molecule has 1 N–H and O–H groups in total. The van der Waals surface area contributed by atoms with E-state index in [-0.39, 0.29) is 35.4 Å². The summed E-state index contributed by atoms with van der Waals surface area (Å²) in [6, 6.07) is 25.4. The highest BCUT2D eigenvalue weighted by Crippen LogP contribution is 2.58. The van der Waals surface area contributed by atoms with Crippen molar-refractivity contribution in [3.8, 4) is 0 Å². The van der Waals surface area contributed by atoms with E-state index in [0.29, 0.717) is 31.9 Å². The maximum atomic E-state index is 13.8. The number of halogens is 1. The summed E-state index contributed by atoms with van der Waals surface area (Å²) < 4.78 is 18.6. The van der Waals surface area contributed by atoms with Crippen molar-refractivity contribution in [3.63, 3.8) is 0 Å². The number of ether oxygens (including phenoxy) is 1. The van der Waals surface area contributed by atoms with Crippen LogP contribution in [0.15, 0.2) is 90.0 Å². The highest BCUT2D eigenvalue weighted by Gasteiger charge is 2.58. The predicted octanol–water partition coefficient (Wildman–Crippen LogP) is 3.95. The second kappa shape index (κ2) is 10.8. The van der Waals surface area contributed by atoms with E-state index in [2.05, 4.69) is 10.5 Å². The first-order valence-electron chi connectivity index (χ1n) is 12.2. The largest absolute Gasteiger partial charge is 0.378 e. The number of hydrogen-bond acceptors (Lipinski definition) is 4. The van der Waals surface area contributed by atoms with E-state index in [1.165, 1.54) is 18.3 Å². The molecule has 2 atom stereocenters. The van der Waals surface area contributed by atoms with Gasteiger partial charge in [-0.05, 0) is 28.8 Å². The molecule has 1 saturated carbocycles. The zero-order chi connectivity index (χ0) is 24.9. The summed E-state index contributed by atoms with van der Waals surface area (Å²) in [7, 11) is 0. The van der Waals surface area contributed by atoms with Crippen LogP contribution in [0.4, 0.5) is 4.39 Å². The van der Waals surface area contributed by atoms with Gasteiger partial charge in [0.25, 0.3) is 0 Å². The molecule has 1 aliphatic heterocycles. The van der Waals surface area contributed by atoms with Crippen LogP contribution in [0, 0.1) is 17.7 Å². The number of carbonyl (C=O) groups is 2. The molecule has 3 aromatic rings. The van der Waals surface area contributed by atoms with Gasteiger partial charge in [0, 0.05) is 24.9 Å². The molecule has 36 heavy (non-hydrogen) atoms. The first-order chi connectivity index (χ1) is 17.6. The van der Waals surface area contributed by atoms with Crippen molar-refractivity contribution in [2.45, 2.75) is 11.8 Å². The SMILES string of the molecule is O=C(N/N=C\c1ccc(F)cc1)C1[C@H](c2ccccc2)C(C(=O)N2CCOCC2)[C@H]1c1ccccc1. The predicted molar refractivity (Wildman–Crippen MR) is 135 cm³/mol. The molecule has 1 aliphatic carbocycles. The Balaban J connectivity index is 1.46. The molecule has 0 radical (unpaired) electrons. The number of hydrazone groups is 1. The van der Waals surface area contributed by atoms with Gasteiger partial charge in [0.2, 0.25) is 11.8 Å². The Morgan fingerprint density at radius 2 is 1.39 bits per heavy atom. The van der Waals surface area contributed by atoms with E-state index < -0.39 is 5.92 Å². The summed E-state index contributed by atoms with van der Waals surface area (Å²) >= 11 is 0. The fourth-order valence-corrected chi connectivity index (χ4v) is 5.35. The summed E-state index contributed by atoms with van der Waals surface area (Å²) in [6.45, 7) is 2.15. The van der Waals surface area contributed by atoms with Gasteiger partial charge in [0.05, 0.1) is 31.3 Å². The Morgan fingerprint density at radius 1 is 0.833 bits per heavy atom. The fraction of sp³-hybridized carbons (Fsp3) is 0.276. The van der Waals surface area contributed by atoms with Gasteiger partial charge in [0.1, 0.15) is 5.82 Å². The number of nitrogens with zero attached hydrogens (tertiary/aromatic N) is 2. The average Bonchev–Trinajstić information content (AvgIpc) is 2.91. The fourth-order valence-electron chi connectivity index (χ4n) is 5.35. The Labute approximate surface area is 209 Å². The molecule has 2 aliphatic rings. The third-order valence-electron chi connectivity index (χ3n) is 7.09. The second-order valence-electron chi connectivity index (χ2n) is 9.15. The lowest BCUT2D eigenvalue weighted by Crippen LogP contribution is -2.57. The quantitative estimate of drug-likeness (QED) is 0.425. The minimum atomic E-state index is -0.477. The van der Waals surface area contributed by atoms with Crippen LogP contribution >= 0.6 is 0 Å². The molecule has 184 valence electrons. The molecular weight excluding hydrogens is 457 g/mol. The second-order valence-corrected chi connectivity index (χ2v) is 9.15. The van der Waals surface area contributed by atoms with Gasteiger partial charge in [-0.15, -0.1) is 0 Å². The highest BCUT2D eigenvalue weighted by atomic mass is 19.1. The number of nitrogens with one attached hydrogen (secondary N) is 1. The zero-order valence-electron chi connectivity index (χ0n) is 19.8. The maximum Gasteiger partial charge on any atom is 0.244 e. The van der Waals surface area contributed by atoms with Crippen LogP contribution in [0.1, 0.15) is 28.5 Å². The first kappa shape index (κ1) is 23.9. The van der Waals surface area contributed by atoms with Gasteiger partial charge in [0.15, 0.2) is 0 Å². The van der Waals surface area contributed by atoms with Crippen molar-refractivity contribution in [2.75, 3.05) is 26.3 Å². The Kier molecular flexibility index (Phi) is 7.18. The minimum Gasteiger partial charge on any atom is -0.378 e. The summed E-state index contributed by atoms with van der Waals surface area (Å²) in [5.74, 6) is -1.94. The molecule has 6 nitrogen and oxygen atoms in total. The Hall–Kier alpha value is -3.84. The molecule has 0 spiro atoms. The standard InChI is InChI=1S/C29H28FN3O3/c30-23-13-11-20(12-14-23)19-31-32-28(34)26-24(21-7-3-1-4-8-21)27(25(26)22-9-5-2-6-10-22)29(35)33-15-17-36-18-16-33/h1-14,19,24-27H,15-18H2,(H,32,34)/b31-19-/t24-,25-,26?,27?/m0/s1. The topological polar surface area (TPSA) is 71.0 Å². The van der Waals surface area contributed by atoms with Gasteiger partial charge < -0.3 is 9.64 Å². The average molecular weight is 486 g/mol. The Morgan fingerprint density at radius 3 is 1.94 bits per heavy atom. The number of morpholine rings is 1. The summed E-state index contributed by atoms with van der Waals surface area (Å²) in [5.41, 5.74) is 5.26. The third-order valence-corrected chi connectivity index (χ3v) is 7.09. The normalized spacial score (nSPS) is 23.8. The highest BCUT2D eigenvalue weighted by molar-refractivity contribution is 5.91. The molecular formula is C29H28FN3O3. The van der Waals surface area contributed by atoms with Crippen LogP contribution in [0.25, 0.3) is 0 Å². The van der Waals surface area contributed by atoms with E-state index in [4.69, 9.17) is 4.74 Å². The van der Waals surface area contributed by atoms with Crippen molar-refractivity contribution in [1.29, 1.82) is 0 Å². The van der Waals surface area contributed by atoms with E-state index in [9.17, 15) is 14.0 Å². The van der Waals surface area contributed by atoms with Crippen LogP contribution in [0.2, 0.25) is 0 Å². The summed E-state index contributed by atoms with van der Waals surface area (Å²) in [6.07, 6.45) is 1.49. The molecule has 0 bridgehead atoms. The number of carbonyl (C=O) groups excluding carboxylic acids is 2.